The summed E-state index contributed by atoms with van der Waals surface area (Å²) in [4.78, 5) is 22.6. The van der Waals surface area contributed by atoms with E-state index in [0.717, 1.165) is 18.4 Å². The smallest absolute Gasteiger partial charge is 0.284 e. The van der Waals surface area contributed by atoms with Crippen LogP contribution in [0.15, 0.2) is 6.07 Å². The van der Waals surface area contributed by atoms with E-state index < -0.39 is 16.4 Å². The number of carbonyl (C=O) groups excluding carboxylic acids is 1. The maximum Gasteiger partial charge on any atom is 0.284 e. The molecule has 1 aromatic carbocycles. The number of hydrogen-bond donors (Lipinski definition) is 0. The molecule has 5 heteroatoms. The van der Waals surface area contributed by atoms with Crippen molar-refractivity contribution in [2.24, 2.45) is 0 Å². The number of nitrogens with zero attached hydrogens (tertiary/aromatic N) is 1. The molecule has 1 unspecified atom stereocenters. The van der Waals surface area contributed by atoms with Gasteiger partial charge >= 0.3 is 0 Å². The quantitative estimate of drug-likeness (QED) is 0.567. The second kappa shape index (κ2) is 3.37. The predicted octanol–water partition coefficient (Wildman–Crippen LogP) is 2.55. The second-order valence-corrected chi connectivity index (χ2v) is 5.21. The molecule has 0 amide bonds. The number of fused-ring (bicyclic) bond motifs is 2. The Kier molecular flexibility index (Phi) is 2.12. The molecule has 0 spiro atoms. The minimum absolute atomic E-state index is 0.00523. The molecule has 4 nitrogen and oxygen atoms in total. The number of alkyl halides is 1. The average molecular weight is 249 g/mol. The number of hydrogen-bond acceptors (Lipinski definition) is 3. The van der Waals surface area contributed by atoms with Crippen molar-refractivity contribution in [3.8, 4) is 0 Å². The number of rotatable bonds is 1. The molecule has 0 radical (unpaired) electrons. The molecule has 94 valence electrons. The first-order valence-corrected chi connectivity index (χ1v) is 5.97. The Hall–Kier alpha value is -1.78. The summed E-state index contributed by atoms with van der Waals surface area (Å²) in [5.41, 5.74) is -0.104. The highest BCUT2D eigenvalue weighted by atomic mass is 19.1. The van der Waals surface area contributed by atoms with Crippen LogP contribution in [0.5, 0.6) is 0 Å². The van der Waals surface area contributed by atoms with Crippen LogP contribution in [-0.2, 0) is 19.3 Å². The van der Waals surface area contributed by atoms with Crippen molar-refractivity contribution in [3.05, 3.63) is 38.4 Å². The highest BCUT2D eigenvalue weighted by Gasteiger charge is 2.47. The fourth-order valence-corrected chi connectivity index (χ4v) is 3.08. The van der Waals surface area contributed by atoms with E-state index in [9.17, 15) is 19.3 Å². The number of Topliss-reactive ketones (excluding diaryl/α,β-unsaturated/α-hetero) is 1. The maximum atomic E-state index is 14.1. The maximum absolute atomic E-state index is 14.1. The first-order valence-electron chi connectivity index (χ1n) is 5.97. The molecule has 2 aliphatic carbocycles. The first kappa shape index (κ1) is 11.3. The predicted molar refractivity (Wildman–Crippen MR) is 62.7 cm³/mol. The van der Waals surface area contributed by atoms with Crippen LogP contribution in [0, 0.1) is 10.1 Å². The van der Waals surface area contributed by atoms with Crippen LogP contribution in [0.1, 0.15) is 40.4 Å². The Balaban J connectivity index is 2.32. The van der Waals surface area contributed by atoms with E-state index in [4.69, 9.17) is 0 Å². The van der Waals surface area contributed by atoms with Crippen molar-refractivity contribution >= 4 is 11.5 Å². The van der Waals surface area contributed by atoms with Crippen molar-refractivity contribution in [1.82, 2.24) is 0 Å². The molecule has 0 saturated heterocycles. The van der Waals surface area contributed by atoms with Crippen LogP contribution in [-0.4, -0.2) is 16.4 Å². The Morgan fingerprint density at radius 2 is 2.11 bits per heavy atom. The number of halogens is 1. The molecule has 0 aromatic heterocycles. The molecule has 0 N–H and O–H groups in total. The SMILES string of the molecule is CC1(F)Cc2cc3c(c([N+](=O)[O-])c2C1=O)CCC3. The number of carbonyl (C=O) groups is 1. The summed E-state index contributed by atoms with van der Waals surface area (Å²) in [5, 5.41) is 11.2. The van der Waals surface area contributed by atoms with E-state index in [2.05, 4.69) is 0 Å². The van der Waals surface area contributed by atoms with E-state index in [-0.39, 0.29) is 17.7 Å². The summed E-state index contributed by atoms with van der Waals surface area (Å²) >= 11 is 0. The Bertz CT molecular complexity index is 592. The molecule has 18 heavy (non-hydrogen) atoms. The lowest BCUT2D eigenvalue weighted by Gasteiger charge is -2.08. The second-order valence-electron chi connectivity index (χ2n) is 5.21. The molecule has 2 aliphatic rings. The molecule has 0 bridgehead atoms. The van der Waals surface area contributed by atoms with Crippen LogP contribution in [0.4, 0.5) is 10.1 Å². The Morgan fingerprint density at radius 1 is 1.39 bits per heavy atom. The zero-order chi connectivity index (χ0) is 13.1. The largest absolute Gasteiger partial charge is 0.290 e. The van der Waals surface area contributed by atoms with E-state index in [1.54, 1.807) is 6.07 Å². The average Bonchev–Trinajstić information content (AvgIpc) is 2.79. The van der Waals surface area contributed by atoms with Crippen molar-refractivity contribution in [3.63, 3.8) is 0 Å². The van der Waals surface area contributed by atoms with Crippen LogP contribution in [0.25, 0.3) is 0 Å². The van der Waals surface area contributed by atoms with Gasteiger partial charge in [-0.1, -0.05) is 6.07 Å². The number of benzene rings is 1. The van der Waals surface area contributed by atoms with Gasteiger partial charge in [0.2, 0.25) is 5.78 Å². The van der Waals surface area contributed by atoms with Gasteiger partial charge in [0.25, 0.3) is 5.69 Å². The third-order valence-corrected chi connectivity index (χ3v) is 3.86. The van der Waals surface area contributed by atoms with E-state index in [1.165, 1.54) is 6.92 Å². The molecule has 0 fully saturated rings. The topological polar surface area (TPSA) is 60.2 Å². The van der Waals surface area contributed by atoms with Gasteiger partial charge in [0.05, 0.1) is 4.92 Å². The number of ketones is 1. The molecule has 0 aliphatic heterocycles. The fourth-order valence-electron chi connectivity index (χ4n) is 3.08. The molecule has 1 aromatic rings. The third kappa shape index (κ3) is 1.33. The van der Waals surface area contributed by atoms with E-state index in [1.807, 2.05) is 0 Å². The van der Waals surface area contributed by atoms with Gasteiger partial charge in [-0.2, -0.15) is 0 Å². The number of nitro benzene ring substituents is 1. The van der Waals surface area contributed by atoms with Gasteiger partial charge in [-0.05, 0) is 37.3 Å². The summed E-state index contributed by atoms with van der Waals surface area (Å²) in [7, 11) is 0. The van der Waals surface area contributed by atoms with Crippen molar-refractivity contribution in [1.29, 1.82) is 0 Å². The lowest BCUT2D eigenvalue weighted by molar-refractivity contribution is -0.385. The molecule has 0 heterocycles. The highest BCUT2D eigenvalue weighted by Crippen LogP contribution is 2.43. The number of nitro groups is 1. The van der Waals surface area contributed by atoms with Crippen molar-refractivity contribution in [2.45, 2.75) is 38.3 Å². The molecule has 3 rings (SSSR count). The molecular formula is C13H12FNO3. The molecule has 0 saturated carbocycles. The van der Waals surface area contributed by atoms with Gasteiger partial charge in [0.15, 0.2) is 5.67 Å². The van der Waals surface area contributed by atoms with Crippen LogP contribution in [0.2, 0.25) is 0 Å². The van der Waals surface area contributed by atoms with Crippen molar-refractivity contribution in [2.75, 3.05) is 0 Å². The van der Waals surface area contributed by atoms with Gasteiger partial charge < -0.3 is 0 Å². The minimum Gasteiger partial charge on any atom is -0.290 e. The van der Waals surface area contributed by atoms with Crippen LogP contribution >= 0.6 is 0 Å². The van der Waals surface area contributed by atoms with Gasteiger partial charge in [0, 0.05) is 12.0 Å². The summed E-state index contributed by atoms with van der Waals surface area (Å²) in [6, 6.07) is 1.79. The van der Waals surface area contributed by atoms with E-state index >= 15 is 0 Å². The van der Waals surface area contributed by atoms with Crippen LogP contribution < -0.4 is 0 Å². The fraction of sp³-hybridized carbons (Fsp3) is 0.462. The normalized spacial score (nSPS) is 25.1. The summed E-state index contributed by atoms with van der Waals surface area (Å²) in [6.07, 6.45) is 2.20. The van der Waals surface area contributed by atoms with Gasteiger partial charge in [-0.3, -0.25) is 14.9 Å². The van der Waals surface area contributed by atoms with Gasteiger partial charge in [0.1, 0.15) is 5.56 Å². The summed E-state index contributed by atoms with van der Waals surface area (Å²) in [5.74, 6) is -0.737. The van der Waals surface area contributed by atoms with Gasteiger partial charge in [-0.15, -0.1) is 0 Å². The van der Waals surface area contributed by atoms with Gasteiger partial charge in [-0.25, -0.2) is 4.39 Å². The zero-order valence-electron chi connectivity index (χ0n) is 9.96. The Labute approximate surface area is 103 Å². The first-order chi connectivity index (χ1) is 8.42. The van der Waals surface area contributed by atoms with Crippen LogP contribution in [0.3, 0.4) is 0 Å². The lowest BCUT2D eigenvalue weighted by atomic mass is 9.98. The monoisotopic (exact) mass is 249 g/mol. The highest BCUT2D eigenvalue weighted by molar-refractivity contribution is 6.10. The standard InChI is InChI=1S/C13H12FNO3/c1-13(14)6-8-5-7-3-2-4-9(7)11(15(17)18)10(8)12(13)16/h5H,2-4,6H2,1H3. The third-order valence-electron chi connectivity index (χ3n) is 3.86. The summed E-state index contributed by atoms with van der Waals surface area (Å²) in [6.45, 7) is 1.20. The number of aryl methyl sites for hydroxylation is 1. The Morgan fingerprint density at radius 3 is 2.78 bits per heavy atom. The molecular weight excluding hydrogens is 237 g/mol. The molecule has 1 atom stereocenters. The minimum atomic E-state index is -2.00. The zero-order valence-corrected chi connectivity index (χ0v) is 9.96. The van der Waals surface area contributed by atoms with Crippen molar-refractivity contribution < 1.29 is 14.1 Å². The summed E-state index contributed by atoms with van der Waals surface area (Å²) < 4.78 is 14.1. The lowest BCUT2D eigenvalue weighted by Crippen LogP contribution is -2.26. The van der Waals surface area contributed by atoms with E-state index in [0.29, 0.717) is 17.5 Å².